The topological polar surface area (TPSA) is 12.5 Å². The lowest BCUT2D eigenvalue weighted by Gasteiger charge is -2.37. The lowest BCUT2D eigenvalue weighted by molar-refractivity contribution is 0.0894. The highest BCUT2D eigenvalue weighted by Crippen LogP contribution is 2.49. The zero-order valence-electron chi connectivity index (χ0n) is 8.56. The third-order valence-electron chi connectivity index (χ3n) is 3.36. The number of epoxide rings is 1. The highest BCUT2D eigenvalue weighted by molar-refractivity contribution is 4.99. The van der Waals surface area contributed by atoms with E-state index in [1.165, 1.54) is 0 Å². The van der Waals surface area contributed by atoms with Crippen LogP contribution < -0.4 is 0 Å². The van der Waals surface area contributed by atoms with Gasteiger partial charge in [0.05, 0.1) is 12.2 Å². The van der Waals surface area contributed by atoms with E-state index in [2.05, 4.69) is 41.5 Å². The van der Waals surface area contributed by atoms with Gasteiger partial charge in [0.25, 0.3) is 0 Å². The molecule has 2 unspecified atom stereocenters. The minimum Gasteiger partial charge on any atom is -0.369 e. The smallest absolute Gasteiger partial charge is 0.0894 e. The van der Waals surface area contributed by atoms with Crippen LogP contribution >= 0.6 is 0 Å². The van der Waals surface area contributed by atoms with E-state index in [-0.39, 0.29) is 0 Å². The second-order valence-corrected chi connectivity index (χ2v) is 5.23. The van der Waals surface area contributed by atoms with Gasteiger partial charge in [-0.3, -0.25) is 0 Å². The van der Waals surface area contributed by atoms with Crippen LogP contribution in [0.1, 0.15) is 41.5 Å². The van der Waals surface area contributed by atoms with Crippen LogP contribution in [0.15, 0.2) is 0 Å². The third kappa shape index (κ3) is 1.44. The molecule has 0 radical (unpaired) electrons. The maximum atomic E-state index is 5.51. The van der Waals surface area contributed by atoms with Crippen LogP contribution in [0.2, 0.25) is 0 Å². The molecule has 66 valence electrons. The van der Waals surface area contributed by atoms with E-state index in [0.717, 1.165) is 0 Å². The first-order chi connectivity index (χ1) is 4.77. The standard InChI is InChI=1S/C10H20O/c1-7-8(11-7)10(5,6)9(2,3)4/h7-8H,1-6H3. The summed E-state index contributed by atoms with van der Waals surface area (Å²) < 4.78 is 5.51. The summed E-state index contributed by atoms with van der Waals surface area (Å²) in [6, 6.07) is 0. The molecule has 0 aliphatic carbocycles. The fourth-order valence-electron chi connectivity index (χ4n) is 1.37. The van der Waals surface area contributed by atoms with Gasteiger partial charge in [-0.15, -0.1) is 0 Å². The maximum Gasteiger partial charge on any atom is 0.0894 e. The van der Waals surface area contributed by atoms with Gasteiger partial charge >= 0.3 is 0 Å². The van der Waals surface area contributed by atoms with Crippen molar-refractivity contribution < 1.29 is 4.74 Å². The average Bonchev–Trinajstić information content (AvgIpc) is 2.43. The van der Waals surface area contributed by atoms with Crippen LogP contribution in [0.5, 0.6) is 0 Å². The van der Waals surface area contributed by atoms with Crippen molar-refractivity contribution in [3.05, 3.63) is 0 Å². The summed E-state index contributed by atoms with van der Waals surface area (Å²) in [5.41, 5.74) is 0.634. The van der Waals surface area contributed by atoms with Crippen molar-refractivity contribution in [3.8, 4) is 0 Å². The summed E-state index contributed by atoms with van der Waals surface area (Å²) in [7, 11) is 0. The monoisotopic (exact) mass is 156 g/mol. The van der Waals surface area contributed by atoms with E-state index in [1.807, 2.05) is 0 Å². The molecule has 1 heteroatoms. The molecule has 1 fully saturated rings. The van der Waals surface area contributed by atoms with Crippen LogP contribution in [-0.4, -0.2) is 12.2 Å². The first-order valence-corrected chi connectivity index (χ1v) is 4.42. The van der Waals surface area contributed by atoms with Gasteiger partial charge in [0, 0.05) is 0 Å². The Labute approximate surface area is 70.1 Å². The van der Waals surface area contributed by atoms with Gasteiger partial charge < -0.3 is 4.74 Å². The van der Waals surface area contributed by atoms with Crippen LogP contribution in [-0.2, 0) is 4.74 Å². The lowest BCUT2D eigenvalue weighted by atomic mass is 9.67. The van der Waals surface area contributed by atoms with E-state index in [1.54, 1.807) is 0 Å². The molecule has 0 bridgehead atoms. The van der Waals surface area contributed by atoms with Gasteiger partial charge in [-0.1, -0.05) is 34.6 Å². The van der Waals surface area contributed by atoms with Crippen molar-refractivity contribution in [2.75, 3.05) is 0 Å². The van der Waals surface area contributed by atoms with Crippen molar-refractivity contribution in [2.24, 2.45) is 10.8 Å². The Balaban J connectivity index is 2.67. The highest BCUT2D eigenvalue weighted by atomic mass is 16.6. The second kappa shape index (κ2) is 2.22. The molecule has 1 aliphatic rings. The molecule has 11 heavy (non-hydrogen) atoms. The van der Waals surface area contributed by atoms with E-state index in [0.29, 0.717) is 23.0 Å². The lowest BCUT2D eigenvalue weighted by Crippen LogP contribution is -2.35. The maximum absolute atomic E-state index is 5.51. The van der Waals surface area contributed by atoms with Gasteiger partial charge in [0.2, 0.25) is 0 Å². The fraction of sp³-hybridized carbons (Fsp3) is 1.00. The molecule has 0 saturated carbocycles. The summed E-state index contributed by atoms with van der Waals surface area (Å²) in [4.78, 5) is 0. The zero-order valence-corrected chi connectivity index (χ0v) is 8.56. The largest absolute Gasteiger partial charge is 0.369 e. The molecule has 1 heterocycles. The van der Waals surface area contributed by atoms with Crippen LogP contribution in [0.4, 0.5) is 0 Å². The SMILES string of the molecule is CC1OC1C(C)(C)C(C)(C)C. The Morgan fingerprint density at radius 2 is 1.36 bits per heavy atom. The summed E-state index contributed by atoms with van der Waals surface area (Å²) in [6.07, 6.45) is 0.951. The molecule has 0 N–H and O–H groups in total. The van der Waals surface area contributed by atoms with Gasteiger partial charge in [-0.05, 0) is 17.8 Å². The van der Waals surface area contributed by atoms with Crippen molar-refractivity contribution in [3.63, 3.8) is 0 Å². The summed E-state index contributed by atoms with van der Waals surface area (Å²) in [5, 5.41) is 0. The fourth-order valence-corrected chi connectivity index (χ4v) is 1.37. The average molecular weight is 156 g/mol. The highest BCUT2D eigenvalue weighted by Gasteiger charge is 2.51. The Kier molecular flexibility index (Phi) is 1.83. The molecule has 1 rings (SSSR count). The molecule has 0 spiro atoms. The molecule has 0 aromatic heterocycles. The second-order valence-electron chi connectivity index (χ2n) is 5.23. The van der Waals surface area contributed by atoms with Crippen LogP contribution in [0.25, 0.3) is 0 Å². The molecule has 1 aliphatic heterocycles. The predicted molar refractivity (Wildman–Crippen MR) is 47.6 cm³/mol. The molecular formula is C10H20O. The van der Waals surface area contributed by atoms with E-state index in [9.17, 15) is 0 Å². The molecular weight excluding hydrogens is 136 g/mol. The minimum atomic E-state index is 0.298. The molecule has 1 nitrogen and oxygen atoms in total. The van der Waals surface area contributed by atoms with Crippen molar-refractivity contribution in [1.29, 1.82) is 0 Å². The third-order valence-corrected chi connectivity index (χ3v) is 3.36. The Morgan fingerprint density at radius 3 is 1.45 bits per heavy atom. The van der Waals surface area contributed by atoms with Gasteiger partial charge in [-0.25, -0.2) is 0 Å². The predicted octanol–water partition coefficient (Wildman–Crippen LogP) is 2.85. The summed E-state index contributed by atoms with van der Waals surface area (Å²) in [5.74, 6) is 0. The first kappa shape index (κ1) is 9.05. The van der Waals surface area contributed by atoms with E-state index < -0.39 is 0 Å². The Morgan fingerprint density at radius 1 is 1.00 bits per heavy atom. The normalized spacial score (nSPS) is 32.2. The number of rotatable bonds is 1. The number of hydrogen-bond donors (Lipinski definition) is 0. The zero-order chi connectivity index (χ0) is 8.86. The van der Waals surface area contributed by atoms with Crippen molar-refractivity contribution in [1.82, 2.24) is 0 Å². The van der Waals surface area contributed by atoms with Gasteiger partial charge in [-0.2, -0.15) is 0 Å². The van der Waals surface area contributed by atoms with Crippen molar-refractivity contribution >= 4 is 0 Å². The summed E-state index contributed by atoms with van der Waals surface area (Å²) in [6.45, 7) is 13.6. The van der Waals surface area contributed by atoms with Crippen molar-refractivity contribution in [2.45, 2.75) is 53.8 Å². The Hall–Kier alpha value is -0.0400. The van der Waals surface area contributed by atoms with Crippen LogP contribution in [0, 0.1) is 10.8 Å². The molecule has 0 amide bonds. The van der Waals surface area contributed by atoms with Gasteiger partial charge in [0.1, 0.15) is 0 Å². The minimum absolute atomic E-state index is 0.298. The van der Waals surface area contributed by atoms with Crippen LogP contribution in [0.3, 0.4) is 0 Å². The summed E-state index contributed by atoms with van der Waals surface area (Å²) >= 11 is 0. The molecule has 2 atom stereocenters. The molecule has 0 aromatic carbocycles. The number of hydrogen-bond acceptors (Lipinski definition) is 1. The molecule has 0 aromatic rings. The van der Waals surface area contributed by atoms with E-state index >= 15 is 0 Å². The first-order valence-electron chi connectivity index (χ1n) is 4.42. The molecule has 1 saturated heterocycles. The van der Waals surface area contributed by atoms with E-state index in [4.69, 9.17) is 4.74 Å². The quantitative estimate of drug-likeness (QED) is 0.532. The Bertz CT molecular complexity index is 153. The number of ether oxygens (including phenoxy) is 1. The van der Waals surface area contributed by atoms with Gasteiger partial charge in [0.15, 0.2) is 0 Å².